The van der Waals surface area contributed by atoms with Gasteiger partial charge in [-0.15, -0.1) is 0 Å². The first kappa shape index (κ1) is 11.1. The molecule has 92 valence electrons. The molecule has 17 heavy (non-hydrogen) atoms. The van der Waals surface area contributed by atoms with Gasteiger partial charge in [0.15, 0.2) is 0 Å². The molecule has 2 aliphatic rings. The number of aryl methyl sites for hydroxylation is 2. The second-order valence-corrected chi connectivity index (χ2v) is 5.01. The minimum Gasteiger partial charge on any atom is -0.313 e. The zero-order valence-electron chi connectivity index (χ0n) is 10.4. The van der Waals surface area contributed by atoms with E-state index in [0.717, 1.165) is 38.3 Å². The van der Waals surface area contributed by atoms with E-state index in [9.17, 15) is 0 Å². The topological polar surface area (TPSA) is 49.8 Å². The average molecular weight is 232 g/mol. The van der Waals surface area contributed by atoms with Gasteiger partial charge >= 0.3 is 0 Å². The van der Waals surface area contributed by atoms with Crippen LogP contribution in [0.3, 0.4) is 0 Å². The molecule has 1 aliphatic heterocycles. The average Bonchev–Trinajstić information content (AvgIpc) is 2.40. The predicted molar refractivity (Wildman–Crippen MR) is 67.0 cm³/mol. The number of nitrogens with zero attached hydrogens (tertiary/aromatic N) is 2. The first-order valence-corrected chi connectivity index (χ1v) is 6.65. The van der Waals surface area contributed by atoms with E-state index in [1.807, 2.05) is 0 Å². The Balaban J connectivity index is 1.92. The van der Waals surface area contributed by atoms with Crippen molar-refractivity contribution in [3.8, 4) is 0 Å². The Hall–Kier alpha value is -1.00. The molecule has 3 rings (SSSR count). The summed E-state index contributed by atoms with van der Waals surface area (Å²) in [5, 5.41) is 6.87. The molecule has 0 bridgehead atoms. The van der Waals surface area contributed by atoms with Gasteiger partial charge in [-0.1, -0.05) is 0 Å². The van der Waals surface area contributed by atoms with Crippen LogP contribution in [0.5, 0.6) is 0 Å². The molecule has 0 amide bonds. The summed E-state index contributed by atoms with van der Waals surface area (Å²) in [5.74, 6) is 0.982. The smallest absolute Gasteiger partial charge is 0.147 e. The summed E-state index contributed by atoms with van der Waals surface area (Å²) in [5.41, 5.74) is 3.90. The van der Waals surface area contributed by atoms with Gasteiger partial charge in [0.1, 0.15) is 5.82 Å². The van der Waals surface area contributed by atoms with Gasteiger partial charge in [-0.05, 0) is 38.2 Å². The SMILES string of the molecule is Cc1nc(C2CNCCN2)nc2c1CCCC2. The third-order valence-corrected chi connectivity index (χ3v) is 3.76. The summed E-state index contributed by atoms with van der Waals surface area (Å²) >= 11 is 0. The van der Waals surface area contributed by atoms with Crippen molar-refractivity contribution < 1.29 is 0 Å². The number of fused-ring (bicyclic) bond motifs is 1. The molecule has 1 fully saturated rings. The van der Waals surface area contributed by atoms with Crippen LogP contribution in [0.1, 0.15) is 41.7 Å². The summed E-state index contributed by atoms with van der Waals surface area (Å²) in [6.07, 6.45) is 4.86. The summed E-state index contributed by atoms with van der Waals surface area (Å²) in [6, 6.07) is 0.287. The fraction of sp³-hybridized carbons (Fsp3) is 0.692. The highest BCUT2D eigenvalue weighted by Crippen LogP contribution is 2.23. The van der Waals surface area contributed by atoms with E-state index in [1.54, 1.807) is 0 Å². The zero-order chi connectivity index (χ0) is 11.7. The number of hydrogen-bond donors (Lipinski definition) is 2. The van der Waals surface area contributed by atoms with Crippen LogP contribution in [0.2, 0.25) is 0 Å². The maximum atomic E-state index is 4.78. The third-order valence-electron chi connectivity index (χ3n) is 3.76. The highest BCUT2D eigenvalue weighted by Gasteiger charge is 2.21. The van der Waals surface area contributed by atoms with Crippen molar-refractivity contribution in [1.29, 1.82) is 0 Å². The summed E-state index contributed by atoms with van der Waals surface area (Å²) in [4.78, 5) is 9.48. The Bertz CT molecular complexity index is 410. The molecule has 1 saturated heterocycles. The molecule has 2 N–H and O–H groups in total. The number of hydrogen-bond acceptors (Lipinski definition) is 4. The highest BCUT2D eigenvalue weighted by molar-refractivity contribution is 5.28. The second kappa shape index (κ2) is 4.70. The molecule has 0 spiro atoms. The van der Waals surface area contributed by atoms with Crippen molar-refractivity contribution in [1.82, 2.24) is 20.6 Å². The fourth-order valence-corrected chi connectivity index (χ4v) is 2.80. The molecular formula is C13H20N4. The summed E-state index contributed by atoms with van der Waals surface area (Å²) in [7, 11) is 0. The molecular weight excluding hydrogens is 212 g/mol. The van der Waals surface area contributed by atoms with E-state index in [0.29, 0.717) is 0 Å². The van der Waals surface area contributed by atoms with Crippen molar-refractivity contribution in [2.75, 3.05) is 19.6 Å². The van der Waals surface area contributed by atoms with Gasteiger partial charge in [0.2, 0.25) is 0 Å². The molecule has 2 heterocycles. The third kappa shape index (κ3) is 2.19. The van der Waals surface area contributed by atoms with Crippen LogP contribution >= 0.6 is 0 Å². The Kier molecular flexibility index (Phi) is 3.07. The van der Waals surface area contributed by atoms with Gasteiger partial charge < -0.3 is 10.6 Å². The molecule has 1 aliphatic carbocycles. The second-order valence-electron chi connectivity index (χ2n) is 5.01. The number of aromatic nitrogens is 2. The number of nitrogens with one attached hydrogen (secondary N) is 2. The van der Waals surface area contributed by atoms with Gasteiger partial charge in [-0.2, -0.15) is 0 Å². The standard InChI is InChI=1S/C13H20N4/c1-9-10-4-2-3-5-11(10)17-13(16-9)12-8-14-6-7-15-12/h12,14-15H,2-8H2,1H3. The fourth-order valence-electron chi connectivity index (χ4n) is 2.80. The van der Waals surface area contributed by atoms with Gasteiger partial charge in [0.05, 0.1) is 6.04 Å². The lowest BCUT2D eigenvalue weighted by Crippen LogP contribution is -2.43. The molecule has 0 radical (unpaired) electrons. The quantitative estimate of drug-likeness (QED) is 0.755. The monoisotopic (exact) mass is 232 g/mol. The first-order valence-electron chi connectivity index (χ1n) is 6.65. The van der Waals surface area contributed by atoms with Crippen molar-refractivity contribution in [3.05, 3.63) is 22.8 Å². The molecule has 1 aromatic heterocycles. The van der Waals surface area contributed by atoms with Crippen molar-refractivity contribution in [2.24, 2.45) is 0 Å². The molecule has 4 heteroatoms. The van der Waals surface area contributed by atoms with Crippen molar-refractivity contribution >= 4 is 0 Å². The summed E-state index contributed by atoms with van der Waals surface area (Å²) in [6.45, 7) is 5.12. The van der Waals surface area contributed by atoms with Gasteiger partial charge in [0, 0.05) is 31.0 Å². The van der Waals surface area contributed by atoms with E-state index in [2.05, 4.69) is 17.6 Å². The minimum atomic E-state index is 0.287. The first-order chi connectivity index (χ1) is 8.34. The lowest BCUT2D eigenvalue weighted by molar-refractivity contribution is 0.412. The van der Waals surface area contributed by atoms with Crippen LogP contribution in [-0.4, -0.2) is 29.6 Å². The zero-order valence-corrected chi connectivity index (χ0v) is 10.4. The molecule has 0 aromatic carbocycles. The Morgan fingerprint density at radius 3 is 2.82 bits per heavy atom. The summed E-state index contributed by atoms with van der Waals surface area (Å²) < 4.78 is 0. The van der Waals surface area contributed by atoms with E-state index < -0.39 is 0 Å². The largest absolute Gasteiger partial charge is 0.313 e. The van der Waals surface area contributed by atoms with Crippen LogP contribution < -0.4 is 10.6 Å². The number of rotatable bonds is 1. The van der Waals surface area contributed by atoms with Crippen LogP contribution in [0.25, 0.3) is 0 Å². The van der Waals surface area contributed by atoms with Crippen LogP contribution in [0, 0.1) is 6.92 Å². The van der Waals surface area contributed by atoms with E-state index in [1.165, 1.54) is 29.8 Å². The van der Waals surface area contributed by atoms with E-state index in [-0.39, 0.29) is 6.04 Å². The Labute approximate surface area is 102 Å². The van der Waals surface area contributed by atoms with Crippen LogP contribution in [0.15, 0.2) is 0 Å². The van der Waals surface area contributed by atoms with Crippen LogP contribution in [-0.2, 0) is 12.8 Å². The minimum absolute atomic E-state index is 0.287. The maximum Gasteiger partial charge on any atom is 0.147 e. The van der Waals surface area contributed by atoms with E-state index >= 15 is 0 Å². The molecule has 1 atom stereocenters. The molecule has 1 aromatic rings. The van der Waals surface area contributed by atoms with Crippen molar-refractivity contribution in [2.45, 2.75) is 38.6 Å². The lowest BCUT2D eigenvalue weighted by atomic mass is 9.95. The lowest BCUT2D eigenvalue weighted by Gasteiger charge is -2.25. The van der Waals surface area contributed by atoms with Gasteiger partial charge in [-0.3, -0.25) is 0 Å². The van der Waals surface area contributed by atoms with Crippen LogP contribution in [0.4, 0.5) is 0 Å². The van der Waals surface area contributed by atoms with Gasteiger partial charge in [-0.25, -0.2) is 9.97 Å². The maximum absolute atomic E-state index is 4.78. The Morgan fingerprint density at radius 1 is 1.12 bits per heavy atom. The predicted octanol–water partition coefficient (Wildman–Crippen LogP) is 0.898. The molecule has 1 unspecified atom stereocenters. The molecule has 4 nitrogen and oxygen atoms in total. The highest BCUT2D eigenvalue weighted by atomic mass is 15.1. The van der Waals surface area contributed by atoms with Crippen molar-refractivity contribution in [3.63, 3.8) is 0 Å². The normalized spacial score (nSPS) is 24.4. The number of piperazine rings is 1. The molecule has 0 saturated carbocycles. The Morgan fingerprint density at radius 2 is 2.00 bits per heavy atom. The van der Waals surface area contributed by atoms with Gasteiger partial charge in [0.25, 0.3) is 0 Å². The van der Waals surface area contributed by atoms with E-state index in [4.69, 9.17) is 9.97 Å².